The van der Waals surface area contributed by atoms with E-state index in [1.165, 1.54) is 6.20 Å². The monoisotopic (exact) mass is 413 g/mol. The van der Waals surface area contributed by atoms with Crippen molar-refractivity contribution in [3.05, 3.63) is 35.4 Å². The lowest BCUT2D eigenvalue weighted by Gasteiger charge is -2.38. The normalized spacial score (nSPS) is 21.9. The summed E-state index contributed by atoms with van der Waals surface area (Å²) in [6.45, 7) is 3.30. The van der Waals surface area contributed by atoms with Crippen LogP contribution in [0.4, 0.5) is 11.6 Å². The molecule has 0 bridgehead atoms. The molecule has 3 heterocycles. The van der Waals surface area contributed by atoms with Crippen LogP contribution in [0.2, 0.25) is 0 Å². The SMILES string of the molecule is COC1CCC(N2C(=O)CNc3ncc(-c4ccc(C(C)(C)O)[n+]([O-])c4)nc32)CC1. The first kappa shape index (κ1) is 20.5. The number of hydrogen-bond donors (Lipinski definition) is 2. The predicted molar refractivity (Wildman–Crippen MR) is 111 cm³/mol. The minimum atomic E-state index is -1.25. The van der Waals surface area contributed by atoms with Gasteiger partial charge in [-0.3, -0.25) is 9.69 Å². The van der Waals surface area contributed by atoms with Crippen molar-refractivity contribution in [1.82, 2.24) is 9.97 Å². The summed E-state index contributed by atoms with van der Waals surface area (Å²) in [7, 11) is 1.72. The van der Waals surface area contributed by atoms with Crippen molar-refractivity contribution in [3.63, 3.8) is 0 Å². The smallest absolute Gasteiger partial charge is 0.247 e. The molecule has 2 aromatic rings. The van der Waals surface area contributed by atoms with Crippen LogP contribution >= 0.6 is 0 Å². The van der Waals surface area contributed by atoms with Crippen molar-refractivity contribution < 1.29 is 19.4 Å². The molecule has 1 amide bonds. The second kappa shape index (κ2) is 7.81. The quantitative estimate of drug-likeness (QED) is 0.579. The first-order valence-electron chi connectivity index (χ1n) is 10.2. The molecule has 0 aromatic carbocycles. The zero-order valence-electron chi connectivity index (χ0n) is 17.5. The number of ether oxygens (including phenoxy) is 1. The third-order valence-corrected chi connectivity index (χ3v) is 5.84. The van der Waals surface area contributed by atoms with Crippen LogP contribution in [0.25, 0.3) is 11.3 Å². The number of fused-ring (bicyclic) bond motifs is 1. The maximum atomic E-state index is 12.7. The molecule has 9 nitrogen and oxygen atoms in total. The molecule has 2 aliphatic rings. The number of pyridine rings is 1. The Balaban J connectivity index is 1.67. The van der Waals surface area contributed by atoms with Gasteiger partial charge in [0.2, 0.25) is 11.6 Å². The van der Waals surface area contributed by atoms with Gasteiger partial charge in [0.1, 0.15) is 5.60 Å². The van der Waals surface area contributed by atoms with Crippen LogP contribution in [0.15, 0.2) is 24.5 Å². The van der Waals surface area contributed by atoms with Gasteiger partial charge in [0.15, 0.2) is 17.8 Å². The number of nitrogens with zero attached hydrogens (tertiary/aromatic N) is 4. The number of aromatic nitrogens is 3. The molecule has 160 valence electrons. The van der Waals surface area contributed by atoms with Crippen LogP contribution in [-0.4, -0.2) is 46.8 Å². The summed E-state index contributed by atoms with van der Waals surface area (Å²) in [6, 6.07) is 3.36. The Bertz CT molecular complexity index is 951. The predicted octanol–water partition coefficient (Wildman–Crippen LogP) is 1.72. The molecular formula is C21H27N5O4. The molecule has 9 heteroatoms. The molecule has 30 heavy (non-hydrogen) atoms. The van der Waals surface area contributed by atoms with E-state index in [-0.39, 0.29) is 30.3 Å². The second-order valence-corrected chi connectivity index (χ2v) is 8.40. The van der Waals surface area contributed by atoms with E-state index in [0.717, 1.165) is 25.7 Å². The van der Waals surface area contributed by atoms with E-state index < -0.39 is 5.60 Å². The molecule has 1 saturated carbocycles. The number of aliphatic hydroxyl groups is 1. The second-order valence-electron chi connectivity index (χ2n) is 8.40. The van der Waals surface area contributed by atoms with Gasteiger partial charge in [-0.15, -0.1) is 0 Å². The van der Waals surface area contributed by atoms with Gasteiger partial charge in [-0.25, -0.2) is 9.97 Å². The molecule has 0 spiro atoms. The number of amides is 1. The highest BCUT2D eigenvalue weighted by molar-refractivity contribution is 6.01. The van der Waals surface area contributed by atoms with Gasteiger partial charge in [-0.2, -0.15) is 4.73 Å². The summed E-state index contributed by atoms with van der Waals surface area (Å²) in [6.07, 6.45) is 6.67. The molecule has 0 saturated heterocycles. The number of carbonyl (C=O) groups is 1. The average Bonchev–Trinajstić information content (AvgIpc) is 2.72. The Morgan fingerprint density at radius 2 is 2.03 bits per heavy atom. The first-order valence-corrected chi connectivity index (χ1v) is 10.2. The highest BCUT2D eigenvalue weighted by Gasteiger charge is 2.35. The fraction of sp³-hybridized carbons (Fsp3) is 0.524. The number of hydrogen-bond acceptors (Lipinski definition) is 7. The number of anilines is 2. The first-order chi connectivity index (χ1) is 14.3. The van der Waals surface area contributed by atoms with Gasteiger partial charge in [0, 0.05) is 19.2 Å². The lowest BCUT2D eigenvalue weighted by molar-refractivity contribution is -0.621. The zero-order valence-corrected chi connectivity index (χ0v) is 17.5. The third kappa shape index (κ3) is 3.82. The van der Waals surface area contributed by atoms with Gasteiger partial charge in [0.25, 0.3) is 0 Å². The fourth-order valence-electron chi connectivity index (χ4n) is 4.20. The average molecular weight is 413 g/mol. The molecule has 1 aliphatic carbocycles. The van der Waals surface area contributed by atoms with Crippen LogP contribution in [-0.2, 0) is 15.1 Å². The maximum absolute atomic E-state index is 12.7. The van der Waals surface area contributed by atoms with E-state index in [1.807, 2.05) is 0 Å². The Hall–Kier alpha value is -2.78. The van der Waals surface area contributed by atoms with Gasteiger partial charge < -0.3 is 20.4 Å². The van der Waals surface area contributed by atoms with E-state index in [1.54, 1.807) is 44.2 Å². The molecule has 0 atom stereocenters. The minimum absolute atomic E-state index is 0.0360. The highest BCUT2D eigenvalue weighted by Crippen LogP contribution is 2.34. The largest absolute Gasteiger partial charge is 0.618 e. The van der Waals surface area contributed by atoms with Crippen molar-refractivity contribution in [3.8, 4) is 11.3 Å². The molecular weight excluding hydrogens is 386 g/mol. The Labute approximate surface area is 175 Å². The standard InChI is InChI=1S/C21H27N5O4/c1-21(2,28)17-9-4-13(12-25(17)29)16-10-22-19-20(24-16)26(18(27)11-23-19)14-5-7-15(30-3)8-6-14/h4,9-10,12,14-15,28H,5-8,11H2,1-3H3,(H,22,23). The number of rotatable bonds is 4. The van der Waals surface area contributed by atoms with E-state index in [9.17, 15) is 15.1 Å². The van der Waals surface area contributed by atoms with Crippen LogP contribution < -0.4 is 14.9 Å². The zero-order chi connectivity index (χ0) is 21.5. The van der Waals surface area contributed by atoms with Crippen molar-refractivity contribution in [2.75, 3.05) is 23.9 Å². The summed E-state index contributed by atoms with van der Waals surface area (Å²) >= 11 is 0. The number of nitrogens with one attached hydrogen (secondary N) is 1. The summed E-state index contributed by atoms with van der Waals surface area (Å²) in [4.78, 5) is 23.7. The lowest BCUT2D eigenvalue weighted by atomic mass is 9.91. The third-order valence-electron chi connectivity index (χ3n) is 5.84. The molecule has 1 fully saturated rings. The Morgan fingerprint density at radius 1 is 1.30 bits per heavy atom. The summed E-state index contributed by atoms with van der Waals surface area (Å²) in [5.41, 5.74) is 0.0448. The molecule has 2 N–H and O–H groups in total. The minimum Gasteiger partial charge on any atom is -0.618 e. The molecule has 0 radical (unpaired) electrons. The van der Waals surface area contributed by atoms with Crippen molar-refractivity contribution in [2.45, 2.75) is 57.3 Å². The van der Waals surface area contributed by atoms with Gasteiger partial charge in [-0.05, 0) is 45.6 Å². The van der Waals surface area contributed by atoms with Crippen molar-refractivity contribution >= 4 is 17.5 Å². The highest BCUT2D eigenvalue weighted by atomic mass is 16.5. The van der Waals surface area contributed by atoms with Crippen molar-refractivity contribution in [1.29, 1.82) is 0 Å². The van der Waals surface area contributed by atoms with Gasteiger partial charge >= 0.3 is 0 Å². The van der Waals surface area contributed by atoms with Crippen LogP contribution in [0, 0.1) is 5.21 Å². The molecule has 2 aromatic heterocycles. The number of carbonyl (C=O) groups excluding carboxylic acids is 1. The fourth-order valence-corrected chi connectivity index (χ4v) is 4.20. The van der Waals surface area contributed by atoms with Crippen molar-refractivity contribution in [2.24, 2.45) is 0 Å². The summed E-state index contributed by atoms with van der Waals surface area (Å²) in [5.74, 6) is 1.02. The van der Waals surface area contributed by atoms with Crippen LogP contribution in [0.5, 0.6) is 0 Å². The molecule has 0 unspecified atom stereocenters. The lowest BCUT2D eigenvalue weighted by Crippen LogP contribution is -2.49. The molecule has 4 rings (SSSR count). The van der Waals surface area contributed by atoms with E-state index in [2.05, 4.69) is 10.3 Å². The van der Waals surface area contributed by atoms with E-state index in [0.29, 0.717) is 27.6 Å². The number of methoxy groups -OCH3 is 1. The van der Waals surface area contributed by atoms with E-state index >= 15 is 0 Å². The summed E-state index contributed by atoms with van der Waals surface area (Å²) < 4.78 is 6.09. The topological polar surface area (TPSA) is 115 Å². The molecule has 1 aliphatic heterocycles. The Kier molecular flexibility index (Phi) is 5.33. The maximum Gasteiger partial charge on any atom is 0.247 e. The summed E-state index contributed by atoms with van der Waals surface area (Å²) in [5, 5.41) is 25.5. The van der Waals surface area contributed by atoms with Crippen LogP contribution in [0.1, 0.15) is 45.2 Å². The Morgan fingerprint density at radius 3 is 2.67 bits per heavy atom. The van der Waals surface area contributed by atoms with Crippen LogP contribution in [0.3, 0.4) is 0 Å². The van der Waals surface area contributed by atoms with E-state index in [4.69, 9.17) is 9.72 Å². The van der Waals surface area contributed by atoms with Gasteiger partial charge in [0.05, 0.1) is 30.1 Å². The van der Waals surface area contributed by atoms with Gasteiger partial charge in [-0.1, -0.05) is 0 Å².